The molecule has 0 atom stereocenters. The van der Waals surface area contributed by atoms with Crippen molar-refractivity contribution in [3.63, 3.8) is 0 Å². The molecule has 16 rings (SSSR count). The summed E-state index contributed by atoms with van der Waals surface area (Å²) < 4.78 is 1.28. The van der Waals surface area contributed by atoms with Gasteiger partial charge in [-0.05, 0) is 223 Å². The topological polar surface area (TPSA) is 3.24 Å². The monoisotopic (exact) mass is 1270 g/mol. The van der Waals surface area contributed by atoms with Crippen molar-refractivity contribution in [1.82, 2.24) is 0 Å². The highest BCUT2D eigenvalue weighted by molar-refractivity contribution is 14.1. The minimum absolute atomic E-state index is 0.940. The van der Waals surface area contributed by atoms with E-state index in [9.17, 15) is 0 Å². The number of anilines is 3. The Hall–Kier alpha value is -10.9. The molecule has 0 saturated carbocycles. The minimum atomic E-state index is 0.940. The van der Waals surface area contributed by atoms with Gasteiger partial charge in [0.15, 0.2) is 0 Å². The van der Waals surface area contributed by atoms with Crippen molar-refractivity contribution in [2.24, 2.45) is 0 Å². The van der Waals surface area contributed by atoms with Gasteiger partial charge in [0.1, 0.15) is 0 Å². The summed E-state index contributed by atoms with van der Waals surface area (Å²) in [5.74, 6) is 0. The van der Waals surface area contributed by atoms with Gasteiger partial charge in [-0.3, -0.25) is 0 Å². The Morgan fingerprint density at radius 1 is 0.176 bits per heavy atom. The molecule has 16 aromatic carbocycles. The van der Waals surface area contributed by atoms with Crippen molar-refractivity contribution >= 4 is 82.7 Å². The van der Waals surface area contributed by atoms with Gasteiger partial charge in [-0.25, -0.2) is 0 Å². The van der Waals surface area contributed by atoms with Gasteiger partial charge in [0, 0.05) is 20.6 Å². The molecule has 0 aliphatic rings. The Bertz CT molecular complexity index is 4840. The molecular formula is C89H64IN. The molecule has 0 amide bonds. The normalized spacial score (nSPS) is 11.0. The second-order valence-electron chi connectivity index (χ2n) is 23.0. The Morgan fingerprint density at radius 2 is 0.385 bits per heavy atom. The van der Waals surface area contributed by atoms with Crippen LogP contribution in [0.15, 0.2) is 376 Å². The van der Waals surface area contributed by atoms with Gasteiger partial charge in [-0.2, -0.15) is 0 Å². The van der Waals surface area contributed by atoms with Gasteiger partial charge >= 0.3 is 0 Å². The van der Waals surface area contributed by atoms with Gasteiger partial charge in [-0.15, -0.1) is 0 Å². The molecule has 0 spiro atoms. The van der Waals surface area contributed by atoms with E-state index in [-0.39, 0.29) is 0 Å². The van der Waals surface area contributed by atoms with Crippen molar-refractivity contribution in [2.75, 3.05) is 4.90 Å². The quantitative estimate of drug-likeness (QED) is 0.117. The molecule has 0 N–H and O–H groups in total. The number of benzene rings is 16. The van der Waals surface area contributed by atoms with E-state index >= 15 is 0 Å². The molecule has 0 aliphatic carbocycles. The summed E-state index contributed by atoms with van der Waals surface area (Å²) in [7, 11) is 0. The Kier molecular flexibility index (Phi) is 17.3. The van der Waals surface area contributed by atoms with Crippen molar-refractivity contribution < 1.29 is 0 Å². The van der Waals surface area contributed by atoms with E-state index in [1.807, 2.05) is 6.07 Å². The van der Waals surface area contributed by atoms with Crippen LogP contribution in [-0.4, -0.2) is 0 Å². The molecule has 0 radical (unpaired) electrons. The molecule has 16 aromatic rings. The molecule has 0 fully saturated rings. The van der Waals surface area contributed by atoms with Gasteiger partial charge < -0.3 is 4.90 Å². The smallest absolute Gasteiger partial charge is 0.0462 e. The highest BCUT2D eigenvalue weighted by Crippen LogP contribution is 2.39. The first kappa shape index (κ1) is 57.8. The first-order valence-electron chi connectivity index (χ1n) is 31.1. The van der Waals surface area contributed by atoms with Gasteiger partial charge in [0.25, 0.3) is 0 Å². The molecule has 91 heavy (non-hydrogen) atoms. The standard InChI is InChI=1S/C44H31N.C33H24.C12H9I/c1-2-8-32(9-3-1)35-18-24-42(25-19-35)45(43-26-20-36(21-27-43)40-16-14-33-10-4-6-12-38(33)30-40)44-28-22-37(23-29-44)41-17-15-34-11-5-7-13-39(34)31-41;1-3-7-30-22-32(19-17-26(30)5-1)28-13-9-24(10-14-28)21-25-11-15-29(16-12-25)33-20-18-27-6-2-4-8-31(27)23-33;13-12-8-6-11(7-9-12)10-4-2-1-3-5-10/h1-31H;1-20,22-23H,21H2;1-9H. The van der Waals surface area contributed by atoms with Gasteiger partial charge in [0.05, 0.1) is 0 Å². The third-order valence-electron chi connectivity index (χ3n) is 17.1. The van der Waals surface area contributed by atoms with Crippen LogP contribution in [0.1, 0.15) is 11.1 Å². The van der Waals surface area contributed by atoms with E-state index in [1.165, 1.54) is 125 Å². The largest absolute Gasteiger partial charge is 0.311 e. The van der Waals surface area contributed by atoms with E-state index in [0.717, 1.165) is 23.5 Å². The molecule has 0 aliphatic heterocycles. The molecule has 432 valence electrons. The SMILES string of the molecule is Ic1ccc(-c2ccccc2)cc1.c1ccc(-c2ccc(N(c3ccc(-c4ccc5ccccc5c4)cc3)c3ccc(-c4ccc5ccccc5c4)cc3)cc2)cc1.c1ccc2cc(-c3ccc(Cc4ccc(-c5ccc6ccccc6c5)cc4)cc3)ccc2c1. The van der Waals surface area contributed by atoms with Gasteiger partial charge in [-0.1, -0.05) is 303 Å². The van der Waals surface area contributed by atoms with Crippen molar-refractivity contribution in [3.05, 3.63) is 391 Å². The number of hydrogen-bond acceptors (Lipinski definition) is 1. The second-order valence-corrected chi connectivity index (χ2v) is 24.3. The Labute approximate surface area is 547 Å². The van der Waals surface area contributed by atoms with Gasteiger partial charge in [0.2, 0.25) is 0 Å². The van der Waals surface area contributed by atoms with Crippen LogP contribution >= 0.6 is 22.6 Å². The molecule has 0 heterocycles. The summed E-state index contributed by atoms with van der Waals surface area (Å²) in [6.07, 6.45) is 0.940. The number of nitrogens with zero attached hydrogens (tertiary/aromatic N) is 1. The number of halogens is 1. The number of rotatable bonds is 11. The number of fused-ring (bicyclic) bond motifs is 4. The van der Waals surface area contributed by atoms with Crippen LogP contribution in [0.4, 0.5) is 17.1 Å². The molecule has 0 saturated heterocycles. The lowest BCUT2D eigenvalue weighted by Gasteiger charge is -2.26. The zero-order valence-corrected chi connectivity index (χ0v) is 52.5. The van der Waals surface area contributed by atoms with Crippen LogP contribution in [0.2, 0.25) is 0 Å². The average Bonchev–Trinajstić information content (AvgIpc) is 1.98. The molecule has 0 bridgehead atoms. The molecule has 2 heteroatoms. The van der Waals surface area contributed by atoms with Crippen molar-refractivity contribution in [2.45, 2.75) is 6.42 Å². The van der Waals surface area contributed by atoms with Crippen LogP contribution in [0.5, 0.6) is 0 Å². The van der Waals surface area contributed by atoms with E-state index in [0.29, 0.717) is 0 Å². The first-order chi connectivity index (χ1) is 45.0. The van der Waals surface area contributed by atoms with Crippen molar-refractivity contribution in [3.8, 4) is 66.8 Å². The van der Waals surface area contributed by atoms with Crippen LogP contribution in [0.25, 0.3) is 110 Å². The van der Waals surface area contributed by atoms with Crippen molar-refractivity contribution in [1.29, 1.82) is 0 Å². The predicted molar refractivity (Wildman–Crippen MR) is 399 cm³/mol. The first-order valence-corrected chi connectivity index (χ1v) is 32.2. The maximum absolute atomic E-state index is 2.34. The Morgan fingerprint density at radius 3 is 0.670 bits per heavy atom. The third kappa shape index (κ3) is 13.7. The predicted octanol–water partition coefficient (Wildman–Crippen LogP) is 25.3. The van der Waals surface area contributed by atoms with E-state index < -0.39 is 0 Å². The summed E-state index contributed by atoms with van der Waals surface area (Å²) in [5, 5.41) is 10.2. The molecule has 0 aromatic heterocycles. The van der Waals surface area contributed by atoms with E-state index in [4.69, 9.17) is 0 Å². The van der Waals surface area contributed by atoms with E-state index in [1.54, 1.807) is 0 Å². The third-order valence-corrected chi connectivity index (χ3v) is 17.8. The lowest BCUT2D eigenvalue weighted by molar-refractivity contribution is 1.19. The Balaban J connectivity index is 0.000000136. The van der Waals surface area contributed by atoms with Crippen LogP contribution in [0, 0.1) is 3.57 Å². The van der Waals surface area contributed by atoms with Crippen LogP contribution in [0.3, 0.4) is 0 Å². The summed E-state index contributed by atoms with van der Waals surface area (Å²) in [4.78, 5) is 2.34. The highest BCUT2D eigenvalue weighted by Gasteiger charge is 2.15. The minimum Gasteiger partial charge on any atom is -0.311 e. The van der Waals surface area contributed by atoms with E-state index in [2.05, 4.69) is 398 Å². The zero-order chi connectivity index (χ0) is 61.1. The zero-order valence-electron chi connectivity index (χ0n) is 50.3. The molecule has 0 unspecified atom stereocenters. The summed E-state index contributed by atoms with van der Waals surface area (Å²) in [6, 6.07) is 135. The fraction of sp³-hybridized carbons (Fsp3) is 0.0112. The fourth-order valence-electron chi connectivity index (χ4n) is 12.1. The second kappa shape index (κ2) is 27.2. The summed E-state index contributed by atoms with van der Waals surface area (Å²) >= 11 is 2.32. The summed E-state index contributed by atoms with van der Waals surface area (Å²) in [5.41, 5.74) is 20.9. The molecular weight excluding hydrogens is 1210 g/mol. The average molecular weight is 1270 g/mol. The highest BCUT2D eigenvalue weighted by atomic mass is 127. The summed E-state index contributed by atoms with van der Waals surface area (Å²) in [6.45, 7) is 0. The maximum Gasteiger partial charge on any atom is 0.0462 e. The fourth-order valence-corrected chi connectivity index (χ4v) is 12.5. The van der Waals surface area contributed by atoms with Crippen LogP contribution < -0.4 is 4.90 Å². The lowest BCUT2D eigenvalue weighted by atomic mass is 9.97. The molecule has 1 nitrogen and oxygen atoms in total. The number of hydrogen-bond donors (Lipinski definition) is 0. The maximum atomic E-state index is 2.34. The lowest BCUT2D eigenvalue weighted by Crippen LogP contribution is -2.09. The van der Waals surface area contributed by atoms with Crippen LogP contribution in [-0.2, 0) is 6.42 Å².